The van der Waals surface area contributed by atoms with Crippen LogP contribution in [0.15, 0.2) is 18.2 Å². The number of nitriles is 2. The average Bonchev–Trinajstić information content (AvgIpc) is 2.37. The molecule has 2 N–H and O–H groups in total. The molecule has 1 rings (SSSR count). The number of benzene rings is 1. The molecule has 0 unspecified atom stereocenters. The van der Waals surface area contributed by atoms with Gasteiger partial charge in [-0.2, -0.15) is 10.5 Å². The monoisotopic (exact) mass is 279 g/mol. The minimum Gasteiger partial charge on any atom is -0.383 e. The van der Waals surface area contributed by atoms with Gasteiger partial charge in [0.15, 0.2) is 0 Å². The molecule has 0 bridgehead atoms. The Morgan fingerprint density at radius 2 is 2.05 bits per heavy atom. The minimum absolute atomic E-state index is 0.0519. The first-order chi connectivity index (χ1) is 8.92. The van der Waals surface area contributed by atoms with Crippen molar-refractivity contribution in [1.82, 2.24) is 0 Å². The van der Waals surface area contributed by atoms with Crippen LogP contribution in [0.1, 0.15) is 16.7 Å². The zero-order chi connectivity index (χ0) is 14.5. The molecule has 19 heavy (non-hydrogen) atoms. The highest BCUT2D eigenvalue weighted by molar-refractivity contribution is 7.89. The largest absolute Gasteiger partial charge is 0.383 e. The van der Waals surface area contributed by atoms with Crippen LogP contribution in [0.25, 0.3) is 0 Å². The van der Waals surface area contributed by atoms with E-state index in [9.17, 15) is 8.42 Å². The lowest BCUT2D eigenvalue weighted by Crippen LogP contribution is -2.34. The van der Waals surface area contributed by atoms with Crippen molar-refractivity contribution in [3.05, 3.63) is 34.9 Å². The molecule has 100 valence electrons. The van der Waals surface area contributed by atoms with Crippen LogP contribution in [0.5, 0.6) is 0 Å². The highest BCUT2D eigenvalue weighted by atomic mass is 32.2. The molecule has 0 aliphatic rings. The molecule has 0 heterocycles. The summed E-state index contributed by atoms with van der Waals surface area (Å²) in [5.41, 5.74) is 1.14. The first-order valence-electron chi connectivity index (χ1n) is 5.36. The molecular formula is C12H13N3O3S. The Balaban J connectivity index is 3.11. The Kier molecular flexibility index (Phi) is 5.02. The van der Waals surface area contributed by atoms with Crippen molar-refractivity contribution >= 4 is 10.0 Å². The van der Waals surface area contributed by atoms with Crippen LogP contribution in [-0.4, -0.2) is 27.4 Å². The summed E-state index contributed by atoms with van der Waals surface area (Å²) in [5.74, 6) is 0. The number of rotatable bonds is 5. The summed E-state index contributed by atoms with van der Waals surface area (Å²) in [6.45, 7) is -0.0519. The maximum Gasteiger partial charge on any atom is 0.214 e. The van der Waals surface area contributed by atoms with Crippen LogP contribution in [0, 0.1) is 22.7 Å². The third-order valence-corrected chi connectivity index (χ3v) is 3.86. The van der Waals surface area contributed by atoms with Crippen LogP contribution in [0.4, 0.5) is 0 Å². The van der Waals surface area contributed by atoms with Gasteiger partial charge in [-0.25, -0.2) is 13.6 Å². The zero-order valence-corrected chi connectivity index (χ0v) is 11.1. The first-order valence-corrected chi connectivity index (χ1v) is 6.97. The second kappa shape index (κ2) is 6.30. The second-order valence-corrected chi connectivity index (χ2v) is 5.81. The van der Waals surface area contributed by atoms with Gasteiger partial charge in [-0.3, -0.25) is 0 Å². The molecule has 0 radical (unpaired) electrons. The summed E-state index contributed by atoms with van der Waals surface area (Å²) in [4.78, 5) is 0. The van der Waals surface area contributed by atoms with E-state index in [0.29, 0.717) is 11.1 Å². The van der Waals surface area contributed by atoms with Gasteiger partial charge in [-0.05, 0) is 24.1 Å². The molecule has 0 saturated carbocycles. The summed E-state index contributed by atoms with van der Waals surface area (Å²) in [7, 11) is -2.39. The summed E-state index contributed by atoms with van der Waals surface area (Å²) in [5, 5.41) is 22.0. The van der Waals surface area contributed by atoms with Gasteiger partial charge < -0.3 is 4.74 Å². The Labute approximate surface area is 112 Å². The number of hydrogen-bond donors (Lipinski definition) is 1. The fourth-order valence-corrected chi connectivity index (χ4v) is 2.37. The summed E-state index contributed by atoms with van der Waals surface area (Å²) >= 11 is 0. The number of primary sulfonamides is 1. The van der Waals surface area contributed by atoms with Crippen molar-refractivity contribution in [1.29, 1.82) is 10.5 Å². The molecule has 0 aliphatic carbocycles. The Morgan fingerprint density at radius 1 is 1.37 bits per heavy atom. The number of ether oxygens (including phenoxy) is 1. The highest BCUT2D eigenvalue weighted by Crippen LogP contribution is 2.15. The van der Waals surface area contributed by atoms with Crippen molar-refractivity contribution in [2.24, 2.45) is 5.14 Å². The molecule has 0 amide bonds. The van der Waals surface area contributed by atoms with E-state index in [1.807, 2.05) is 12.1 Å². The van der Waals surface area contributed by atoms with Crippen LogP contribution < -0.4 is 5.14 Å². The standard InChI is InChI=1S/C12H13N3O3S/c1-18-8-12(19(15,16)17)5-10-3-2-9(6-13)4-11(10)7-14/h2-4,12H,5,8H2,1H3,(H2,15,16,17)/t12-/m1/s1. The molecule has 1 aromatic carbocycles. The Bertz CT molecular complexity index is 641. The van der Waals surface area contributed by atoms with E-state index in [0.717, 1.165) is 0 Å². The van der Waals surface area contributed by atoms with E-state index in [2.05, 4.69) is 0 Å². The van der Waals surface area contributed by atoms with E-state index in [-0.39, 0.29) is 18.6 Å². The molecule has 6 nitrogen and oxygen atoms in total. The maximum absolute atomic E-state index is 11.4. The maximum atomic E-state index is 11.4. The van der Waals surface area contributed by atoms with Gasteiger partial charge in [0, 0.05) is 7.11 Å². The van der Waals surface area contributed by atoms with Crippen LogP contribution >= 0.6 is 0 Å². The smallest absolute Gasteiger partial charge is 0.214 e. The Hall–Kier alpha value is -1.93. The zero-order valence-electron chi connectivity index (χ0n) is 10.3. The summed E-state index contributed by atoms with van der Waals surface area (Å²) in [6.07, 6.45) is 0.0707. The predicted molar refractivity (Wildman–Crippen MR) is 68.3 cm³/mol. The van der Waals surface area contributed by atoms with Gasteiger partial charge in [0.2, 0.25) is 10.0 Å². The van der Waals surface area contributed by atoms with E-state index < -0.39 is 15.3 Å². The van der Waals surface area contributed by atoms with Crippen LogP contribution in [0.3, 0.4) is 0 Å². The van der Waals surface area contributed by atoms with Crippen LogP contribution in [-0.2, 0) is 21.2 Å². The minimum atomic E-state index is -3.77. The van der Waals surface area contributed by atoms with Gasteiger partial charge in [0.05, 0.1) is 29.9 Å². The fraction of sp³-hybridized carbons (Fsp3) is 0.333. The SMILES string of the molecule is COC[C@@H](Cc1ccc(C#N)cc1C#N)S(N)(=O)=O. The number of hydrogen-bond acceptors (Lipinski definition) is 5. The first kappa shape index (κ1) is 15.1. The molecule has 0 saturated heterocycles. The molecule has 1 atom stereocenters. The van der Waals surface area contributed by atoms with Crippen molar-refractivity contribution in [2.75, 3.05) is 13.7 Å². The van der Waals surface area contributed by atoms with Crippen molar-refractivity contribution in [3.8, 4) is 12.1 Å². The highest BCUT2D eigenvalue weighted by Gasteiger charge is 2.23. The third-order valence-electron chi connectivity index (χ3n) is 2.62. The van der Waals surface area contributed by atoms with Gasteiger partial charge in [-0.15, -0.1) is 0 Å². The van der Waals surface area contributed by atoms with E-state index in [1.54, 1.807) is 6.07 Å². The number of methoxy groups -OCH3 is 1. The predicted octanol–water partition coefficient (Wildman–Crippen LogP) is 0.276. The molecule has 1 aromatic rings. The average molecular weight is 279 g/mol. The number of nitrogens with zero attached hydrogens (tertiary/aromatic N) is 2. The van der Waals surface area contributed by atoms with Crippen molar-refractivity contribution in [2.45, 2.75) is 11.7 Å². The third kappa shape index (κ3) is 4.04. The van der Waals surface area contributed by atoms with Gasteiger partial charge in [0.1, 0.15) is 5.25 Å². The van der Waals surface area contributed by atoms with E-state index in [4.69, 9.17) is 20.4 Å². The molecule has 7 heteroatoms. The van der Waals surface area contributed by atoms with Crippen molar-refractivity contribution < 1.29 is 13.2 Å². The molecular weight excluding hydrogens is 266 g/mol. The Morgan fingerprint density at radius 3 is 2.53 bits per heavy atom. The van der Waals surface area contributed by atoms with E-state index >= 15 is 0 Å². The molecule has 0 aromatic heterocycles. The normalized spacial score (nSPS) is 12.4. The molecule has 0 spiro atoms. The lowest BCUT2D eigenvalue weighted by atomic mass is 10.0. The summed E-state index contributed by atoms with van der Waals surface area (Å²) < 4.78 is 27.6. The fourth-order valence-electron chi connectivity index (χ4n) is 1.63. The summed E-state index contributed by atoms with van der Waals surface area (Å²) in [6, 6.07) is 8.37. The van der Waals surface area contributed by atoms with Gasteiger partial charge in [0.25, 0.3) is 0 Å². The topological polar surface area (TPSA) is 117 Å². The van der Waals surface area contributed by atoms with Crippen molar-refractivity contribution in [3.63, 3.8) is 0 Å². The quantitative estimate of drug-likeness (QED) is 0.830. The number of nitrogens with two attached hydrogens (primary N) is 1. The lowest BCUT2D eigenvalue weighted by Gasteiger charge is -2.14. The molecule has 0 fully saturated rings. The van der Waals surface area contributed by atoms with Crippen LogP contribution in [0.2, 0.25) is 0 Å². The lowest BCUT2D eigenvalue weighted by molar-refractivity contribution is 0.196. The number of sulfonamides is 1. The van der Waals surface area contributed by atoms with E-state index in [1.165, 1.54) is 19.2 Å². The van der Waals surface area contributed by atoms with Gasteiger partial charge in [-0.1, -0.05) is 6.07 Å². The van der Waals surface area contributed by atoms with Gasteiger partial charge >= 0.3 is 0 Å². The second-order valence-electron chi connectivity index (χ2n) is 3.97. The molecule has 0 aliphatic heterocycles.